The number of esters is 1. The van der Waals surface area contributed by atoms with Gasteiger partial charge in [-0.2, -0.15) is 0 Å². The predicted octanol–water partition coefficient (Wildman–Crippen LogP) is 3.67. The molecule has 1 N–H and O–H groups in total. The largest absolute Gasteiger partial charge is 0.489 e. The Kier molecular flexibility index (Phi) is 5.44. The van der Waals surface area contributed by atoms with Crippen molar-refractivity contribution in [3.8, 4) is 5.75 Å². The van der Waals surface area contributed by atoms with Crippen LogP contribution in [-0.4, -0.2) is 31.8 Å². The smallest absolute Gasteiger partial charge is 0.323 e. The van der Waals surface area contributed by atoms with Crippen LogP contribution >= 0.6 is 11.6 Å². The monoisotopic (exact) mass is 337 g/mol. The van der Waals surface area contributed by atoms with Crippen molar-refractivity contribution in [2.75, 3.05) is 13.7 Å². The van der Waals surface area contributed by atoms with Gasteiger partial charge < -0.3 is 14.8 Å². The van der Waals surface area contributed by atoms with Crippen molar-refractivity contribution in [1.29, 1.82) is 0 Å². The summed E-state index contributed by atoms with van der Waals surface area (Å²) in [6.07, 6.45) is 6.88. The van der Waals surface area contributed by atoms with E-state index in [1.54, 1.807) is 0 Å². The molecule has 1 aromatic carbocycles. The van der Waals surface area contributed by atoms with Crippen LogP contribution in [0.25, 0.3) is 0 Å². The Hall–Kier alpha value is -1.26. The van der Waals surface area contributed by atoms with E-state index in [2.05, 4.69) is 5.32 Å². The number of nitrogens with one attached hydrogen (secondary N) is 1. The van der Waals surface area contributed by atoms with Crippen LogP contribution in [0.15, 0.2) is 18.2 Å². The highest BCUT2D eigenvalue weighted by atomic mass is 35.5. The number of ether oxygens (including phenoxy) is 2. The normalized spacial score (nSPS) is 25.3. The van der Waals surface area contributed by atoms with Gasteiger partial charge >= 0.3 is 5.97 Å². The molecule has 0 amide bonds. The lowest BCUT2D eigenvalue weighted by atomic mass is 9.83. The van der Waals surface area contributed by atoms with Gasteiger partial charge in [-0.1, -0.05) is 30.9 Å². The van der Waals surface area contributed by atoms with Gasteiger partial charge in [-0.25, -0.2) is 0 Å². The molecule has 126 valence electrons. The first-order valence-electron chi connectivity index (χ1n) is 8.44. The highest BCUT2D eigenvalue weighted by Crippen LogP contribution is 2.39. The third-order valence-electron chi connectivity index (χ3n) is 4.89. The molecule has 0 spiro atoms. The average Bonchev–Trinajstić information content (AvgIpc) is 3.05. The summed E-state index contributed by atoms with van der Waals surface area (Å²) in [6, 6.07) is 5.63. The second-order valence-corrected chi connectivity index (χ2v) is 6.91. The van der Waals surface area contributed by atoms with Crippen molar-refractivity contribution in [2.24, 2.45) is 0 Å². The van der Waals surface area contributed by atoms with E-state index in [1.165, 1.54) is 44.8 Å². The standard InChI is InChI=1S/C18H24ClNO3/c1-22-18(21)16-10-14(11-20-16)23-17-8-7-13(19)9-15(17)12-5-3-2-4-6-12/h7-9,12,14,16,20H,2-6,10-11H2,1H3/t14-,16+/m1/s1. The molecule has 23 heavy (non-hydrogen) atoms. The number of halogens is 1. The minimum atomic E-state index is -0.268. The Labute approximate surface area is 142 Å². The maximum atomic E-state index is 11.6. The maximum absolute atomic E-state index is 11.6. The maximum Gasteiger partial charge on any atom is 0.323 e. The van der Waals surface area contributed by atoms with Gasteiger partial charge in [0.25, 0.3) is 0 Å². The molecule has 1 heterocycles. The second-order valence-electron chi connectivity index (χ2n) is 6.48. The third kappa shape index (κ3) is 3.99. The molecule has 2 aliphatic rings. The summed E-state index contributed by atoms with van der Waals surface area (Å²) in [4.78, 5) is 11.6. The van der Waals surface area contributed by atoms with Gasteiger partial charge in [0.1, 0.15) is 17.9 Å². The van der Waals surface area contributed by atoms with E-state index in [1.807, 2.05) is 18.2 Å². The molecule has 1 aliphatic carbocycles. The van der Waals surface area contributed by atoms with Gasteiger partial charge in [-0.3, -0.25) is 4.79 Å². The van der Waals surface area contributed by atoms with Crippen LogP contribution in [0.3, 0.4) is 0 Å². The van der Waals surface area contributed by atoms with Crippen LogP contribution < -0.4 is 10.1 Å². The Morgan fingerprint density at radius 3 is 2.78 bits per heavy atom. The van der Waals surface area contributed by atoms with E-state index >= 15 is 0 Å². The highest BCUT2D eigenvalue weighted by molar-refractivity contribution is 6.30. The first-order chi connectivity index (χ1) is 11.2. The van der Waals surface area contributed by atoms with E-state index in [0.717, 1.165) is 10.8 Å². The molecule has 0 aromatic heterocycles. The molecule has 1 saturated heterocycles. The number of carbonyl (C=O) groups excluding carboxylic acids is 1. The van der Waals surface area contributed by atoms with Crippen LogP contribution in [-0.2, 0) is 9.53 Å². The molecule has 5 heteroatoms. The number of hydrogen-bond donors (Lipinski definition) is 1. The molecular weight excluding hydrogens is 314 g/mol. The molecule has 1 saturated carbocycles. The molecule has 2 atom stereocenters. The molecule has 1 aliphatic heterocycles. The molecule has 1 aromatic rings. The van der Waals surface area contributed by atoms with Crippen molar-refractivity contribution < 1.29 is 14.3 Å². The fourth-order valence-electron chi connectivity index (χ4n) is 3.65. The van der Waals surface area contributed by atoms with E-state index in [-0.39, 0.29) is 18.1 Å². The van der Waals surface area contributed by atoms with Crippen molar-refractivity contribution in [3.05, 3.63) is 28.8 Å². The van der Waals surface area contributed by atoms with E-state index in [4.69, 9.17) is 21.1 Å². The Balaban J connectivity index is 1.71. The lowest BCUT2D eigenvalue weighted by molar-refractivity contribution is -0.142. The molecule has 2 fully saturated rings. The van der Waals surface area contributed by atoms with Gasteiger partial charge in [0.05, 0.1) is 7.11 Å². The van der Waals surface area contributed by atoms with Crippen molar-refractivity contribution >= 4 is 17.6 Å². The lowest BCUT2D eigenvalue weighted by Crippen LogP contribution is -2.31. The van der Waals surface area contributed by atoms with Crippen LogP contribution in [0, 0.1) is 0 Å². The molecule has 4 nitrogen and oxygen atoms in total. The van der Waals surface area contributed by atoms with Crippen LogP contribution in [0.5, 0.6) is 5.75 Å². The number of rotatable bonds is 4. The van der Waals surface area contributed by atoms with E-state index < -0.39 is 0 Å². The summed E-state index contributed by atoms with van der Waals surface area (Å²) < 4.78 is 11.0. The van der Waals surface area contributed by atoms with Crippen molar-refractivity contribution in [2.45, 2.75) is 56.6 Å². The SMILES string of the molecule is COC(=O)[C@@H]1C[C@@H](Oc2ccc(Cl)cc2C2CCCCC2)CN1. The van der Waals surface area contributed by atoms with Crippen molar-refractivity contribution in [1.82, 2.24) is 5.32 Å². The van der Waals surface area contributed by atoms with E-state index in [0.29, 0.717) is 18.9 Å². The Bertz CT molecular complexity index is 557. The highest BCUT2D eigenvalue weighted by Gasteiger charge is 2.32. The second kappa shape index (κ2) is 7.54. The predicted molar refractivity (Wildman–Crippen MR) is 90.1 cm³/mol. The lowest BCUT2D eigenvalue weighted by Gasteiger charge is -2.25. The van der Waals surface area contributed by atoms with E-state index in [9.17, 15) is 4.79 Å². The summed E-state index contributed by atoms with van der Waals surface area (Å²) in [5.41, 5.74) is 1.22. The third-order valence-corrected chi connectivity index (χ3v) is 5.12. The molecule has 0 bridgehead atoms. The zero-order valence-corrected chi connectivity index (χ0v) is 14.3. The Morgan fingerprint density at radius 1 is 1.26 bits per heavy atom. The summed E-state index contributed by atoms with van der Waals surface area (Å²) in [6.45, 7) is 0.659. The zero-order chi connectivity index (χ0) is 16.2. The van der Waals surface area contributed by atoms with Crippen LogP contribution in [0.2, 0.25) is 5.02 Å². The minimum Gasteiger partial charge on any atom is -0.489 e. The van der Waals surface area contributed by atoms with Gasteiger partial charge in [0.15, 0.2) is 0 Å². The van der Waals surface area contributed by atoms with Gasteiger partial charge in [0.2, 0.25) is 0 Å². The Morgan fingerprint density at radius 2 is 2.04 bits per heavy atom. The topological polar surface area (TPSA) is 47.6 Å². The number of carbonyl (C=O) groups is 1. The minimum absolute atomic E-state index is 0.0115. The number of hydrogen-bond acceptors (Lipinski definition) is 4. The molecule has 0 unspecified atom stereocenters. The molecular formula is C18H24ClNO3. The van der Waals surface area contributed by atoms with Gasteiger partial charge in [0, 0.05) is 18.0 Å². The van der Waals surface area contributed by atoms with Gasteiger partial charge in [-0.15, -0.1) is 0 Å². The summed E-state index contributed by atoms with van der Waals surface area (Å²) >= 11 is 6.21. The average molecular weight is 338 g/mol. The fourth-order valence-corrected chi connectivity index (χ4v) is 3.83. The van der Waals surface area contributed by atoms with Crippen molar-refractivity contribution in [3.63, 3.8) is 0 Å². The quantitative estimate of drug-likeness (QED) is 0.852. The number of methoxy groups -OCH3 is 1. The molecule has 3 rings (SSSR count). The first kappa shape index (κ1) is 16.6. The summed E-state index contributed by atoms with van der Waals surface area (Å²) in [5, 5.41) is 3.92. The van der Waals surface area contributed by atoms with Crippen LogP contribution in [0.4, 0.5) is 0 Å². The van der Waals surface area contributed by atoms with Gasteiger partial charge in [-0.05, 0) is 42.5 Å². The first-order valence-corrected chi connectivity index (χ1v) is 8.82. The molecule has 0 radical (unpaired) electrons. The zero-order valence-electron chi connectivity index (χ0n) is 13.5. The summed E-state index contributed by atoms with van der Waals surface area (Å²) in [7, 11) is 1.42. The van der Waals surface area contributed by atoms with Crippen LogP contribution in [0.1, 0.15) is 50.0 Å². The fraction of sp³-hybridized carbons (Fsp3) is 0.611. The number of benzene rings is 1. The summed E-state index contributed by atoms with van der Waals surface area (Å²) in [5.74, 6) is 1.22.